The summed E-state index contributed by atoms with van der Waals surface area (Å²) >= 11 is 0. The predicted octanol–water partition coefficient (Wildman–Crippen LogP) is 2.46. The van der Waals surface area contributed by atoms with Crippen molar-refractivity contribution in [3.8, 4) is 22.8 Å². The minimum atomic E-state index is 0.160. The van der Waals surface area contributed by atoms with Crippen LogP contribution in [0.5, 0.6) is 11.5 Å². The number of amides is 1. The van der Waals surface area contributed by atoms with Gasteiger partial charge >= 0.3 is 0 Å². The summed E-state index contributed by atoms with van der Waals surface area (Å²) in [6, 6.07) is 5.52. The first-order valence-electron chi connectivity index (χ1n) is 9.31. The van der Waals surface area contributed by atoms with Gasteiger partial charge in [0.15, 0.2) is 11.7 Å². The quantitative estimate of drug-likeness (QED) is 0.743. The zero-order chi connectivity index (χ0) is 19.2. The van der Waals surface area contributed by atoms with E-state index < -0.39 is 0 Å². The van der Waals surface area contributed by atoms with E-state index in [9.17, 15) is 4.79 Å². The molecule has 1 aliphatic rings. The third-order valence-corrected chi connectivity index (χ3v) is 4.95. The van der Waals surface area contributed by atoms with E-state index in [2.05, 4.69) is 16.8 Å². The zero-order valence-electron chi connectivity index (χ0n) is 16.2. The highest BCUT2D eigenvalue weighted by Gasteiger charge is 2.20. The van der Waals surface area contributed by atoms with Gasteiger partial charge in [-0.25, -0.2) is 4.98 Å². The summed E-state index contributed by atoms with van der Waals surface area (Å²) in [4.78, 5) is 21.0. The van der Waals surface area contributed by atoms with Crippen molar-refractivity contribution < 1.29 is 18.7 Å². The predicted molar refractivity (Wildman–Crippen MR) is 102 cm³/mol. The SMILES string of the molecule is CCN1CCN(C(=O)CCc2ncc(-c3ccc(OC)cc3OC)o2)CC1. The number of methoxy groups -OCH3 is 2. The lowest BCUT2D eigenvalue weighted by Gasteiger charge is -2.34. The summed E-state index contributed by atoms with van der Waals surface area (Å²) in [5.74, 6) is 2.70. The summed E-state index contributed by atoms with van der Waals surface area (Å²) in [5.41, 5.74) is 0.805. The fourth-order valence-corrected chi connectivity index (χ4v) is 3.24. The Hall–Kier alpha value is -2.54. The Bertz CT molecular complexity index is 766. The number of oxazole rings is 1. The van der Waals surface area contributed by atoms with Crippen molar-refractivity contribution >= 4 is 5.91 Å². The largest absolute Gasteiger partial charge is 0.497 e. The standard InChI is InChI=1S/C20H27N3O4/c1-4-22-9-11-23(12-10-22)20(24)8-7-19-21-14-18(27-19)16-6-5-15(25-2)13-17(16)26-3/h5-6,13-14H,4,7-12H2,1-3H3. The van der Waals surface area contributed by atoms with Crippen molar-refractivity contribution in [2.24, 2.45) is 0 Å². The molecule has 2 heterocycles. The Balaban J connectivity index is 1.59. The molecule has 146 valence electrons. The lowest BCUT2D eigenvalue weighted by Crippen LogP contribution is -2.48. The van der Waals surface area contributed by atoms with Gasteiger partial charge in [0, 0.05) is 45.1 Å². The van der Waals surface area contributed by atoms with E-state index in [4.69, 9.17) is 13.9 Å². The van der Waals surface area contributed by atoms with Crippen LogP contribution in [-0.2, 0) is 11.2 Å². The highest BCUT2D eigenvalue weighted by molar-refractivity contribution is 5.76. The molecule has 1 aromatic heterocycles. The van der Waals surface area contributed by atoms with E-state index in [1.165, 1.54) is 0 Å². The van der Waals surface area contributed by atoms with Crippen molar-refractivity contribution in [2.45, 2.75) is 19.8 Å². The fraction of sp³-hybridized carbons (Fsp3) is 0.500. The van der Waals surface area contributed by atoms with Crippen LogP contribution >= 0.6 is 0 Å². The summed E-state index contributed by atoms with van der Waals surface area (Å²) in [6.45, 7) is 6.68. The molecule has 0 bridgehead atoms. The van der Waals surface area contributed by atoms with Gasteiger partial charge in [0.2, 0.25) is 5.91 Å². The highest BCUT2D eigenvalue weighted by atomic mass is 16.5. The number of benzene rings is 1. The van der Waals surface area contributed by atoms with E-state index in [1.54, 1.807) is 26.5 Å². The van der Waals surface area contributed by atoms with Gasteiger partial charge in [0.25, 0.3) is 0 Å². The van der Waals surface area contributed by atoms with Crippen molar-refractivity contribution in [2.75, 3.05) is 46.9 Å². The van der Waals surface area contributed by atoms with Crippen LogP contribution in [0.1, 0.15) is 19.2 Å². The van der Waals surface area contributed by atoms with Gasteiger partial charge in [-0.15, -0.1) is 0 Å². The molecular weight excluding hydrogens is 346 g/mol. The van der Waals surface area contributed by atoms with Crippen molar-refractivity contribution in [3.05, 3.63) is 30.3 Å². The molecule has 2 aromatic rings. The molecule has 7 nitrogen and oxygen atoms in total. The van der Waals surface area contributed by atoms with E-state index in [0.29, 0.717) is 36.0 Å². The van der Waals surface area contributed by atoms with Crippen LogP contribution in [0, 0.1) is 0 Å². The average Bonchev–Trinajstić information content (AvgIpc) is 3.20. The molecule has 1 fully saturated rings. The maximum atomic E-state index is 12.4. The number of hydrogen-bond acceptors (Lipinski definition) is 6. The first-order valence-corrected chi connectivity index (χ1v) is 9.31. The maximum absolute atomic E-state index is 12.4. The van der Waals surface area contributed by atoms with Gasteiger partial charge in [0.05, 0.1) is 26.0 Å². The van der Waals surface area contributed by atoms with E-state index in [1.807, 2.05) is 17.0 Å². The summed E-state index contributed by atoms with van der Waals surface area (Å²) < 4.78 is 16.5. The molecule has 0 radical (unpaired) electrons. The number of piperazine rings is 1. The number of nitrogens with zero attached hydrogens (tertiary/aromatic N) is 3. The molecule has 0 aliphatic carbocycles. The molecule has 0 unspecified atom stereocenters. The van der Waals surface area contributed by atoms with Crippen molar-refractivity contribution in [1.29, 1.82) is 0 Å². The molecule has 1 aromatic carbocycles. The van der Waals surface area contributed by atoms with Crippen LogP contribution in [-0.4, -0.2) is 67.6 Å². The van der Waals surface area contributed by atoms with Crippen LogP contribution < -0.4 is 9.47 Å². The molecule has 1 amide bonds. The minimum absolute atomic E-state index is 0.160. The van der Waals surface area contributed by atoms with Crippen molar-refractivity contribution in [1.82, 2.24) is 14.8 Å². The second-order valence-electron chi connectivity index (χ2n) is 6.50. The number of hydrogen-bond donors (Lipinski definition) is 0. The summed E-state index contributed by atoms with van der Waals surface area (Å²) in [5, 5.41) is 0. The smallest absolute Gasteiger partial charge is 0.223 e. The van der Waals surface area contributed by atoms with Crippen LogP contribution in [0.2, 0.25) is 0 Å². The zero-order valence-corrected chi connectivity index (χ0v) is 16.2. The Morgan fingerprint density at radius 2 is 1.96 bits per heavy atom. The molecule has 0 N–H and O–H groups in total. The molecule has 0 saturated carbocycles. The van der Waals surface area contributed by atoms with Gasteiger partial charge in [-0.1, -0.05) is 6.92 Å². The molecule has 0 spiro atoms. The van der Waals surface area contributed by atoms with E-state index >= 15 is 0 Å². The average molecular weight is 373 g/mol. The number of aromatic nitrogens is 1. The number of aryl methyl sites for hydroxylation is 1. The van der Waals surface area contributed by atoms with Crippen LogP contribution in [0.25, 0.3) is 11.3 Å². The van der Waals surface area contributed by atoms with Gasteiger partial charge in [-0.3, -0.25) is 4.79 Å². The lowest BCUT2D eigenvalue weighted by atomic mass is 10.1. The number of carbonyl (C=O) groups excluding carboxylic acids is 1. The van der Waals surface area contributed by atoms with Gasteiger partial charge in [-0.05, 0) is 18.7 Å². The van der Waals surface area contributed by atoms with Crippen LogP contribution in [0.15, 0.2) is 28.8 Å². The first-order chi connectivity index (χ1) is 13.1. The molecule has 0 atom stereocenters. The molecular formula is C20H27N3O4. The first kappa shape index (κ1) is 19.2. The Morgan fingerprint density at radius 1 is 1.19 bits per heavy atom. The van der Waals surface area contributed by atoms with Crippen LogP contribution in [0.4, 0.5) is 0 Å². The molecule has 27 heavy (non-hydrogen) atoms. The fourth-order valence-electron chi connectivity index (χ4n) is 3.24. The highest BCUT2D eigenvalue weighted by Crippen LogP contribution is 2.33. The topological polar surface area (TPSA) is 68.0 Å². The second kappa shape index (κ2) is 8.90. The van der Waals surface area contributed by atoms with Gasteiger partial charge in [-0.2, -0.15) is 0 Å². The number of likely N-dealkylation sites (N-methyl/N-ethyl adjacent to an activating group) is 1. The molecule has 1 aliphatic heterocycles. The number of carbonyl (C=O) groups is 1. The number of ether oxygens (including phenoxy) is 2. The van der Waals surface area contributed by atoms with Crippen LogP contribution in [0.3, 0.4) is 0 Å². The third kappa shape index (κ3) is 4.60. The monoisotopic (exact) mass is 373 g/mol. The van der Waals surface area contributed by atoms with Crippen molar-refractivity contribution in [3.63, 3.8) is 0 Å². The number of rotatable bonds is 7. The Labute approximate surface area is 159 Å². The summed E-state index contributed by atoms with van der Waals surface area (Å²) in [7, 11) is 3.21. The minimum Gasteiger partial charge on any atom is -0.497 e. The van der Waals surface area contributed by atoms with Gasteiger partial charge < -0.3 is 23.7 Å². The molecule has 3 rings (SSSR count). The maximum Gasteiger partial charge on any atom is 0.223 e. The van der Waals surface area contributed by atoms with E-state index in [0.717, 1.165) is 38.3 Å². The molecule has 1 saturated heterocycles. The summed E-state index contributed by atoms with van der Waals surface area (Å²) in [6.07, 6.45) is 2.57. The third-order valence-electron chi connectivity index (χ3n) is 4.95. The normalized spacial score (nSPS) is 15.0. The van der Waals surface area contributed by atoms with E-state index in [-0.39, 0.29) is 5.91 Å². The second-order valence-corrected chi connectivity index (χ2v) is 6.50. The Kier molecular flexibility index (Phi) is 6.34. The molecule has 7 heteroatoms. The van der Waals surface area contributed by atoms with Gasteiger partial charge in [0.1, 0.15) is 11.5 Å². The Morgan fingerprint density at radius 3 is 2.63 bits per heavy atom. The lowest BCUT2D eigenvalue weighted by molar-refractivity contribution is -0.132.